The fourth-order valence-electron chi connectivity index (χ4n) is 3.84. The number of pyridine rings is 1. The van der Waals surface area contributed by atoms with Crippen LogP contribution in [0.3, 0.4) is 0 Å². The smallest absolute Gasteiger partial charge is 0.181 e. The average molecular weight is 460 g/mol. The summed E-state index contributed by atoms with van der Waals surface area (Å²) in [5.74, 6) is 0. The van der Waals surface area contributed by atoms with Crippen molar-refractivity contribution in [3.8, 4) is 0 Å². The van der Waals surface area contributed by atoms with E-state index in [1.807, 2.05) is 91.0 Å². The molecule has 4 nitrogen and oxygen atoms in total. The number of benzene rings is 3. The van der Waals surface area contributed by atoms with Crippen molar-refractivity contribution in [2.24, 2.45) is 0 Å². The van der Waals surface area contributed by atoms with Crippen molar-refractivity contribution in [3.63, 3.8) is 0 Å². The van der Waals surface area contributed by atoms with Crippen LogP contribution in [0, 0.1) is 0 Å². The summed E-state index contributed by atoms with van der Waals surface area (Å²) in [4.78, 5) is 4.65. The summed E-state index contributed by atoms with van der Waals surface area (Å²) < 4.78 is 5.05. The zero-order valence-corrected chi connectivity index (χ0v) is 19.1. The molecule has 0 spiro atoms. The highest BCUT2D eigenvalue weighted by Gasteiger charge is 2.13. The molecule has 1 aromatic heterocycles. The second kappa shape index (κ2) is 10.7. The van der Waals surface area contributed by atoms with Crippen LogP contribution in [0.15, 0.2) is 78.9 Å². The van der Waals surface area contributed by atoms with E-state index in [-0.39, 0.29) is 0 Å². The maximum Gasteiger partial charge on any atom is 0.181 e. The van der Waals surface area contributed by atoms with E-state index in [1.165, 1.54) is 7.11 Å². The van der Waals surface area contributed by atoms with Crippen LogP contribution in [0.2, 0.25) is 5.02 Å². The Balaban J connectivity index is 1.45. The summed E-state index contributed by atoms with van der Waals surface area (Å²) >= 11 is 6.09. The van der Waals surface area contributed by atoms with E-state index in [0.717, 1.165) is 38.9 Å². The van der Waals surface area contributed by atoms with E-state index in [0.29, 0.717) is 17.9 Å². The highest BCUT2D eigenvalue weighted by molar-refractivity contribution is 6.31. The monoisotopic (exact) mass is 459 g/mol. The van der Waals surface area contributed by atoms with Crippen LogP contribution in [0.4, 0.5) is 0 Å². The minimum absolute atomic E-state index is 0.535. The lowest BCUT2D eigenvalue weighted by Crippen LogP contribution is -2.06. The molecule has 0 fully saturated rings. The van der Waals surface area contributed by atoms with E-state index in [4.69, 9.17) is 16.3 Å². The Labute approximate surface area is 198 Å². The molecule has 0 radical (unpaired) electrons. The minimum Gasteiger partial charge on any atom is -0.388 e. The summed E-state index contributed by atoms with van der Waals surface area (Å²) in [5.41, 5.74) is 5.21. The SMILES string of the molecule is COC(O)c1ccccc1CCC(O)c1cccc(C=Cc2ccc3ccc(Cl)cc3n2)c1. The Kier molecular flexibility index (Phi) is 7.53. The lowest BCUT2D eigenvalue weighted by Gasteiger charge is -2.16. The van der Waals surface area contributed by atoms with Gasteiger partial charge in [0.1, 0.15) is 0 Å². The first-order valence-electron chi connectivity index (χ1n) is 10.8. The molecule has 2 atom stereocenters. The van der Waals surface area contributed by atoms with Crippen LogP contribution >= 0.6 is 11.6 Å². The number of aliphatic hydroxyl groups is 2. The first-order valence-corrected chi connectivity index (χ1v) is 11.2. The van der Waals surface area contributed by atoms with Crippen LogP contribution in [0.25, 0.3) is 23.1 Å². The predicted octanol–water partition coefficient (Wildman–Crippen LogP) is 6.36. The van der Waals surface area contributed by atoms with Gasteiger partial charge in [-0.05, 0) is 59.9 Å². The molecule has 0 aliphatic heterocycles. The molecule has 0 saturated carbocycles. The van der Waals surface area contributed by atoms with Crippen LogP contribution in [-0.2, 0) is 11.2 Å². The number of rotatable bonds is 8. The molecular formula is C28H26ClNO3. The molecule has 2 unspecified atom stereocenters. The number of hydrogen-bond acceptors (Lipinski definition) is 4. The summed E-state index contributed by atoms with van der Waals surface area (Å²) in [7, 11) is 1.47. The van der Waals surface area contributed by atoms with Crippen molar-refractivity contribution in [3.05, 3.63) is 112 Å². The molecule has 5 heteroatoms. The van der Waals surface area contributed by atoms with Crippen molar-refractivity contribution in [2.45, 2.75) is 25.2 Å². The maximum atomic E-state index is 10.8. The van der Waals surface area contributed by atoms with Gasteiger partial charge < -0.3 is 14.9 Å². The van der Waals surface area contributed by atoms with Gasteiger partial charge in [-0.25, -0.2) is 4.98 Å². The first-order chi connectivity index (χ1) is 16.0. The highest BCUT2D eigenvalue weighted by atomic mass is 35.5. The van der Waals surface area contributed by atoms with Gasteiger partial charge in [-0.1, -0.05) is 72.3 Å². The Morgan fingerprint density at radius 2 is 1.76 bits per heavy atom. The van der Waals surface area contributed by atoms with Crippen molar-refractivity contribution >= 4 is 34.7 Å². The molecule has 0 bridgehead atoms. The van der Waals surface area contributed by atoms with Gasteiger partial charge in [0.2, 0.25) is 0 Å². The van der Waals surface area contributed by atoms with Crippen molar-refractivity contribution in [2.75, 3.05) is 7.11 Å². The van der Waals surface area contributed by atoms with E-state index < -0.39 is 12.4 Å². The minimum atomic E-state index is -0.966. The Bertz CT molecular complexity index is 1270. The molecule has 0 amide bonds. The molecule has 33 heavy (non-hydrogen) atoms. The molecule has 0 aliphatic carbocycles. The predicted molar refractivity (Wildman–Crippen MR) is 134 cm³/mol. The van der Waals surface area contributed by atoms with Gasteiger partial charge in [0.05, 0.1) is 17.3 Å². The zero-order chi connectivity index (χ0) is 23.2. The quantitative estimate of drug-likeness (QED) is 0.301. The second-order valence-corrected chi connectivity index (χ2v) is 8.35. The Morgan fingerprint density at radius 1 is 0.939 bits per heavy atom. The summed E-state index contributed by atoms with van der Waals surface area (Å²) in [6.07, 6.45) is 3.51. The van der Waals surface area contributed by atoms with Gasteiger partial charge in [-0.15, -0.1) is 0 Å². The molecule has 0 saturated heterocycles. The second-order valence-electron chi connectivity index (χ2n) is 7.92. The van der Waals surface area contributed by atoms with Crippen molar-refractivity contribution < 1.29 is 14.9 Å². The van der Waals surface area contributed by atoms with Crippen LogP contribution in [-0.4, -0.2) is 22.3 Å². The van der Waals surface area contributed by atoms with Gasteiger partial charge in [0.25, 0.3) is 0 Å². The number of aromatic nitrogens is 1. The molecule has 0 aliphatic rings. The number of halogens is 1. The topological polar surface area (TPSA) is 62.6 Å². The molecule has 168 valence electrons. The van der Waals surface area contributed by atoms with E-state index in [9.17, 15) is 10.2 Å². The zero-order valence-electron chi connectivity index (χ0n) is 18.4. The number of ether oxygens (including phenoxy) is 1. The Morgan fingerprint density at radius 3 is 2.61 bits per heavy atom. The third-order valence-electron chi connectivity index (χ3n) is 5.65. The van der Waals surface area contributed by atoms with E-state index in [2.05, 4.69) is 4.98 Å². The number of nitrogens with zero attached hydrogens (tertiary/aromatic N) is 1. The Hall–Kier alpha value is -3.02. The molecule has 2 N–H and O–H groups in total. The van der Waals surface area contributed by atoms with Gasteiger partial charge >= 0.3 is 0 Å². The number of fused-ring (bicyclic) bond motifs is 1. The average Bonchev–Trinajstić information content (AvgIpc) is 2.85. The summed E-state index contributed by atoms with van der Waals surface area (Å²) in [6.45, 7) is 0. The lowest BCUT2D eigenvalue weighted by molar-refractivity contribution is -0.0775. The summed E-state index contributed by atoms with van der Waals surface area (Å²) in [6, 6.07) is 25.1. The highest BCUT2D eigenvalue weighted by Crippen LogP contribution is 2.25. The van der Waals surface area contributed by atoms with E-state index in [1.54, 1.807) is 0 Å². The van der Waals surface area contributed by atoms with Crippen molar-refractivity contribution in [1.29, 1.82) is 0 Å². The number of aryl methyl sites for hydroxylation is 1. The fourth-order valence-corrected chi connectivity index (χ4v) is 4.01. The van der Waals surface area contributed by atoms with Crippen LogP contribution in [0.1, 0.15) is 46.8 Å². The van der Waals surface area contributed by atoms with Gasteiger partial charge in [0.15, 0.2) is 6.29 Å². The summed E-state index contributed by atoms with van der Waals surface area (Å²) in [5, 5.41) is 22.5. The lowest BCUT2D eigenvalue weighted by atomic mass is 9.97. The third-order valence-corrected chi connectivity index (χ3v) is 5.88. The van der Waals surface area contributed by atoms with Gasteiger partial charge in [0, 0.05) is 23.1 Å². The van der Waals surface area contributed by atoms with Crippen molar-refractivity contribution in [1.82, 2.24) is 4.98 Å². The van der Waals surface area contributed by atoms with Crippen LogP contribution < -0.4 is 0 Å². The van der Waals surface area contributed by atoms with Crippen LogP contribution in [0.5, 0.6) is 0 Å². The number of hydrogen-bond donors (Lipinski definition) is 2. The molecule has 1 heterocycles. The molecular weight excluding hydrogens is 434 g/mol. The molecule has 4 aromatic rings. The fraction of sp³-hybridized carbons (Fsp3) is 0.179. The standard InChI is InChI=1S/C28H26ClNO3/c1-33-28(32)25-8-3-2-6-20(25)12-16-27(31)22-7-4-5-19(17-22)9-14-24-15-11-21-10-13-23(29)18-26(21)30-24/h2-11,13-15,17-18,27-28,31-32H,12,16H2,1H3. The maximum absolute atomic E-state index is 10.8. The van der Waals surface area contributed by atoms with Gasteiger partial charge in [-0.3, -0.25) is 0 Å². The molecule has 3 aromatic carbocycles. The van der Waals surface area contributed by atoms with E-state index >= 15 is 0 Å². The van der Waals surface area contributed by atoms with Gasteiger partial charge in [-0.2, -0.15) is 0 Å². The third kappa shape index (κ3) is 5.86. The number of methoxy groups -OCH3 is 1. The molecule has 4 rings (SSSR count). The first kappa shape index (κ1) is 23.1. The normalized spacial score (nSPS) is 13.5. The number of aliphatic hydroxyl groups excluding tert-OH is 2. The largest absolute Gasteiger partial charge is 0.388 e.